The van der Waals surface area contributed by atoms with Gasteiger partial charge in [0, 0.05) is 17.0 Å². The van der Waals surface area contributed by atoms with Gasteiger partial charge in [-0.1, -0.05) is 24.3 Å². The highest BCUT2D eigenvalue weighted by atomic mass is 32.1. The highest BCUT2D eigenvalue weighted by Crippen LogP contribution is 2.17. The molecule has 3 rings (SSSR count). The molecule has 0 aliphatic rings. The average molecular weight is 326 g/mol. The number of aryl methyl sites for hydroxylation is 1. The first-order valence-electron chi connectivity index (χ1n) is 7.54. The van der Waals surface area contributed by atoms with Crippen LogP contribution in [0.5, 0.6) is 0 Å². The Balaban J connectivity index is 1.55. The third-order valence-corrected chi connectivity index (χ3v) is 4.43. The first-order valence-corrected chi connectivity index (χ1v) is 8.42. The SMILES string of the molecule is O=C(CCCc1cccs1)Nc1ccccc1Cn1cncn1. The molecule has 1 N–H and O–H groups in total. The number of nitrogens with zero attached hydrogens (tertiary/aromatic N) is 3. The molecule has 1 amide bonds. The van der Waals surface area contributed by atoms with Crippen LogP contribution in [0.25, 0.3) is 0 Å². The molecule has 1 aromatic carbocycles. The van der Waals surface area contributed by atoms with E-state index in [4.69, 9.17) is 0 Å². The van der Waals surface area contributed by atoms with E-state index in [1.165, 1.54) is 11.2 Å². The van der Waals surface area contributed by atoms with E-state index in [1.807, 2.05) is 30.3 Å². The second kappa shape index (κ2) is 7.69. The van der Waals surface area contributed by atoms with Gasteiger partial charge in [-0.2, -0.15) is 5.10 Å². The average Bonchev–Trinajstić information content (AvgIpc) is 3.23. The highest BCUT2D eigenvalue weighted by molar-refractivity contribution is 7.09. The molecule has 0 spiro atoms. The smallest absolute Gasteiger partial charge is 0.224 e. The maximum Gasteiger partial charge on any atom is 0.224 e. The summed E-state index contributed by atoms with van der Waals surface area (Å²) in [5, 5.41) is 9.18. The van der Waals surface area contributed by atoms with Crippen LogP contribution >= 0.6 is 11.3 Å². The number of rotatable bonds is 7. The Labute approximate surface area is 139 Å². The van der Waals surface area contributed by atoms with Gasteiger partial charge >= 0.3 is 0 Å². The van der Waals surface area contributed by atoms with Crippen LogP contribution in [0.4, 0.5) is 5.69 Å². The van der Waals surface area contributed by atoms with Crippen LogP contribution < -0.4 is 5.32 Å². The number of para-hydroxylation sites is 1. The van der Waals surface area contributed by atoms with Crippen molar-refractivity contribution in [2.24, 2.45) is 0 Å². The minimum Gasteiger partial charge on any atom is -0.326 e. The fourth-order valence-electron chi connectivity index (χ4n) is 2.36. The predicted octanol–water partition coefficient (Wildman–Crippen LogP) is 3.35. The molecule has 2 heterocycles. The fourth-order valence-corrected chi connectivity index (χ4v) is 3.11. The molecular weight excluding hydrogens is 308 g/mol. The van der Waals surface area contributed by atoms with Crippen molar-refractivity contribution in [2.45, 2.75) is 25.8 Å². The van der Waals surface area contributed by atoms with Crippen molar-refractivity contribution in [3.63, 3.8) is 0 Å². The standard InChI is InChI=1S/C17H18N4OS/c22-17(9-3-6-15-7-4-10-23-15)20-16-8-2-1-5-14(16)11-21-13-18-12-19-21/h1-2,4-5,7-8,10,12-13H,3,6,9,11H2,(H,20,22). The zero-order valence-electron chi connectivity index (χ0n) is 12.7. The first kappa shape index (κ1) is 15.4. The van der Waals surface area contributed by atoms with Gasteiger partial charge < -0.3 is 5.32 Å². The van der Waals surface area contributed by atoms with Gasteiger partial charge in [0.2, 0.25) is 5.91 Å². The molecule has 118 valence electrons. The quantitative estimate of drug-likeness (QED) is 0.724. The maximum absolute atomic E-state index is 12.2. The van der Waals surface area contributed by atoms with Gasteiger partial charge in [-0.05, 0) is 35.9 Å². The van der Waals surface area contributed by atoms with Crippen molar-refractivity contribution in [3.8, 4) is 0 Å². The third-order valence-electron chi connectivity index (χ3n) is 3.50. The molecule has 0 bridgehead atoms. The molecule has 2 aromatic heterocycles. The van der Waals surface area contributed by atoms with E-state index in [-0.39, 0.29) is 5.91 Å². The summed E-state index contributed by atoms with van der Waals surface area (Å²) in [6.45, 7) is 0.589. The lowest BCUT2D eigenvalue weighted by atomic mass is 10.1. The minimum atomic E-state index is 0.0487. The van der Waals surface area contributed by atoms with Crippen molar-refractivity contribution in [1.82, 2.24) is 14.8 Å². The lowest BCUT2D eigenvalue weighted by Gasteiger charge is -2.11. The normalized spacial score (nSPS) is 10.6. The second-order valence-electron chi connectivity index (χ2n) is 5.23. The summed E-state index contributed by atoms with van der Waals surface area (Å²) in [5.41, 5.74) is 1.86. The van der Waals surface area contributed by atoms with E-state index in [0.717, 1.165) is 24.1 Å². The van der Waals surface area contributed by atoms with Crippen LogP contribution in [-0.2, 0) is 17.8 Å². The Morgan fingerprint density at radius 1 is 1.22 bits per heavy atom. The molecule has 0 atom stereocenters. The molecule has 3 aromatic rings. The number of anilines is 1. The number of nitrogens with one attached hydrogen (secondary N) is 1. The molecule has 0 saturated carbocycles. The van der Waals surface area contributed by atoms with Crippen molar-refractivity contribution >= 4 is 22.9 Å². The Morgan fingerprint density at radius 3 is 2.91 bits per heavy atom. The summed E-state index contributed by atoms with van der Waals surface area (Å²) in [6.07, 6.45) is 5.50. The molecule has 0 unspecified atom stereocenters. The topological polar surface area (TPSA) is 59.8 Å². The number of hydrogen-bond donors (Lipinski definition) is 1. The van der Waals surface area contributed by atoms with E-state index < -0.39 is 0 Å². The van der Waals surface area contributed by atoms with Gasteiger partial charge in [-0.25, -0.2) is 9.67 Å². The summed E-state index contributed by atoms with van der Waals surface area (Å²) in [5.74, 6) is 0.0487. The molecule has 0 fully saturated rings. The lowest BCUT2D eigenvalue weighted by Crippen LogP contribution is -2.14. The summed E-state index contributed by atoms with van der Waals surface area (Å²) in [6, 6.07) is 11.9. The van der Waals surface area contributed by atoms with Crippen molar-refractivity contribution in [3.05, 3.63) is 64.9 Å². The monoisotopic (exact) mass is 326 g/mol. The van der Waals surface area contributed by atoms with Crippen LogP contribution in [0.2, 0.25) is 0 Å². The molecule has 0 saturated heterocycles. The maximum atomic E-state index is 12.2. The van der Waals surface area contributed by atoms with E-state index in [9.17, 15) is 4.79 Å². The van der Waals surface area contributed by atoms with Crippen molar-refractivity contribution < 1.29 is 4.79 Å². The molecule has 5 nitrogen and oxygen atoms in total. The lowest BCUT2D eigenvalue weighted by molar-refractivity contribution is -0.116. The van der Waals surface area contributed by atoms with Gasteiger partial charge in [0.15, 0.2) is 0 Å². The number of benzene rings is 1. The number of amides is 1. The van der Waals surface area contributed by atoms with Gasteiger partial charge in [-0.15, -0.1) is 11.3 Å². The summed E-state index contributed by atoms with van der Waals surface area (Å²) < 4.78 is 1.74. The van der Waals surface area contributed by atoms with Crippen LogP contribution in [-0.4, -0.2) is 20.7 Å². The zero-order valence-corrected chi connectivity index (χ0v) is 13.5. The summed E-state index contributed by atoms with van der Waals surface area (Å²) in [4.78, 5) is 17.4. The van der Waals surface area contributed by atoms with Crippen LogP contribution in [0, 0.1) is 0 Å². The number of carbonyl (C=O) groups excluding carboxylic acids is 1. The Kier molecular flexibility index (Phi) is 5.16. The zero-order chi connectivity index (χ0) is 15.9. The predicted molar refractivity (Wildman–Crippen MR) is 91.5 cm³/mol. The van der Waals surface area contributed by atoms with E-state index in [0.29, 0.717) is 13.0 Å². The summed E-state index contributed by atoms with van der Waals surface area (Å²) in [7, 11) is 0. The van der Waals surface area contributed by atoms with E-state index in [1.54, 1.807) is 22.3 Å². The number of aromatic nitrogens is 3. The summed E-state index contributed by atoms with van der Waals surface area (Å²) >= 11 is 1.74. The minimum absolute atomic E-state index is 0.0487. The van der Waals surface area contributed by atoms with Crippen LogP contribution in [0.3, 0.4) is 0 Å². The number of hydrogen-bond acceptors (Lipinski definition) is 4. The molecular formula is C17H18N4OS. The highest BCUT2D eigenvalue weighted by Gasteiger charge is 2.07. The molecule has 0 radical (unpaired) electrons. The van der Waals surface area contributed by atoms with Crippen molar-refractivity contribution in [1.29, 1.82) is 0 Å². The number of carbonyl (C=O) groups is 1. The molecule has 23 heavy (non-hydrogen) atoms. The Morgan fingerprint density at radius 2 is 2.13 bits per heavy atom. The van der Waals surface area contributed by atoms with E-state index >= 15 is 0 Å². The first-order chi connectivity index (χ1) is 11.3. The second-order valence-corrected chi connectivity index (χ2v) is 6.26. The van der Waals surface area contributed by atoms with Gasteiger partial charge in [0.25, 0.3) is 0 Å². The molecule has 0 aliphatic heterocycles. The Bertz CT molecular complexity index is 738. The fraction of sp³-hybridized carbons (Fsp3) is 0.235. The van der Waals surface area contributed by atoms with Crippen molar-refractivity contribution in [2.75, 3.05) is 5.32 Å². The Hall–Kier alpha value is -2.47. The van der Waals surface area contributed by atoms with E-state index in [2.05, 4.69) is 26.8 Å². The largest absolute Gasteiger partial charge is 0.326 e. The van der Waals surface area contributed by atoms with Crippen LogP contribution in [0.1, 0.15) is 23.3 Å². The third kappa shape index (κ3) is 4.50. The number of thiophene rings is 1. The van der Waals surface area contributed by atoms with Gasteiger partial charge in [0.05, 0.1) is 6.54 Å². The van der Waals surface area contributed by atoms with Gasteiger partial charge in [-0.3, -0.25) is 4.79 Å². The van der Waals surface area contributed by atoms with Crippen LogP contribution in [0.15, 0.2) is 54.4 Å². The molecule has 6 heteroatoms. The van der Waals surface area contributed by atoms with Gasteiger partial charge in [0.1, 0.15) is 12.7 Å². The molecule has 0 aliphatic carbocycles.